The second-order valence-electron chi connectivity index (χ2n) is 3.58. The van der Waals surface area contributed by atoms with Crippen molar-refractivity contribution in [2.24, 2.45) is 0 Å². The van der Waals surface area contributed by atoms with Gasteiger partial charge in [-0.3, -0.25) is 9.78 Å². The number of aliphatic carboxylic acids is 1. The summed E-state index contributed by atoms with van der Waals surface area (Å²) in [7, 11) is 0. The van der Waals surface area contributed by atoms with Crippen LogP contribution in [0.4, 0.5) is 0 Å². The molecular formula is C10H12N2O2. The van der Waals surface area contributed by atoms with Gasteiger partial charge < -0.3 is 10.4 Å². The molecule has 0 saturated carbocycles. The topological polar surface area (TPSA) is 62.2 Å². The van der Waals surface area contributed by atoms with Crippen LogP contribution >= 0.6 is 0 Å². The minimum Gasteiger partial charge on any atom is -0.481 e. The zero-order valence-corrected chi connectivity index (χ0v) is 7.95. The van der Waals surface area contributed by atoms with E-state index >= 15 is 0 Å². The summed E-state index contributed by atoms with van der Waals surface area (Å²) in [5, 5.41) is 12.1. The Morgan fingerprint density at radius 3 is 3.21 bits per heavy atom. The van der Waals surface area contributed by atoms with E-state index in [9.17, 15) is 4.79 Å². The van der Waals surface area contributed by atoms with E-state index in [2.05, 4.69) is 10.3 Å². The highest BCUT2D eigenvalue weighted by Gasteiger charge is 2.27. The van der Waals surface area contributed by atoms with E-state index < -0.39 is 11.9 Å². The van der Waals surface area contributed by atoms with Crippen LogP contribution < -0.4 is 5.32 Å². The fourth-order valence-corrected chi connectivity index (χ4v) is 1.75. The highest BCUT2D eigenvalue weighted by atomic mass is 16.4. The summed E-state index contributed by atoms with van der Waals surface area (Å²) in [4.78, 5) is 15.1. The molecule has 0 aliphatic carbocycles. The lowest BCUT2D eigenvalue weighted by molar-refractivity contribution is -0.138. The molecule has 0 aromatic carbocycles. The SMILES string of the molecule is Cc1cnc2c(c1)CNCC2C(=O)O. The van der Waals surface area contributed by atoms with Gasteiger partial charge in [0.2, 0.25) is 0 Å². The molecule has 1 unspecified atom stereocenters. The molecule has 74 valence electrons. The van der Waals surface area contributed by atoms with Crippen molar-refractivity contribution < 1.29 is 9.90 Å². The maximum Gasteiger partial charge on any atom is 0.313 e. The first-order valence-electron chi connectivity index (χ1n) is 4.57. The molecule has 1 aliphatic rings. The molecule has 0 bridgehead atoms. The molecule has 0 amide bonds. The largest absolute Gasteiger partial charge is 0.481 e. The Labute approximate surface area is 82.0 Å². The molecule has 0 radical (unpaired) electrons. The quantitative estimate of drug-likeness (QED) is 0.686. The van der Waals surface area contributed by atoms with E-state index in [4.69, 9.17) is 5.11 Å². The molecule has 1 aromatic heterocycles. The minimum absolute atomic E-state index is 0.471. The van der Waals surface area contributed by atoms with E-state index in [1.54, 1.807) is 6.20 Å². The van der Waals surface area contributed by atoms with Crippen LogP contribution in [-0.4, -0.2) is 22.6 Å². The van der Waals surface area contributed by atoms with Crippen molar-refractivity contribution >= 4 is 5.97 Å². The Bertz CT molecular complexity index is 376. The number of aromatic nitrogens is 1. The number of carboxylic acids is 1. The summed E-state index contributed by atoms with van der Waals surface area (Å²) in [6.07, 6.45) is 1.72. The number of pyridine rings is 1. The molecule has 2 heterocycles. The Hall–Kier alpha value is -1.42. The number of carboxylic acid groups (broad SMARTS) is 1. The number of rotatable bonds is 1. The highest BCUT2D eigenvalue weighted by Crippen LogP contribution is 2.22. The number of hydrogen-bond acceptors (Lipinski definition) is 3. The third kappa shape index (κ3) is 1.48. The first-order chi connectivity index (χ1) is 6.68. The van der Waals surface area contributed by atoms with Gasteiger partial charge in [0, 0.05) is 19.3 Å². The van der Waals surface area contributed by atoms with Crippen molar-refractivity contribution in [3.8, 4) is 0 Å². The van der Waals surface area contributed by atoms with Gasteiger partial charge in [-0.1, -0.05) is 6.07 Å². The molecule has 1 atom stereocenters. The summed E-state index contributed by atoms with van der Waals surface area (Å²) < 4.78 is 0. The predicted octanol–water partition coefficient (Wildman–Crippen LogP) is 0.661. The molecule has 14 heavy (non-hydrogen) atoms. The maximum atomic E-state index is 10.9. The number of nitrogens with zero attached hydrogens (tertiary/aromatic N) is 1. The van der Waals surface area contributed by atoms with Crippen molar-refractivity contribution in [2.45, 2.75) is 19.4 Å². The normalized spacial score (nSPS) is 20.2. The molecule has 1 aliphatic heterocycles. The standard InChI is InChI=1S/C10H12N2O2/c1-6-2-7-4-11-5-8(10(13)14)9(7)12-3-6/h2-3,8,11H,4-5H2,1H3,(H,13,14). The first-order valence-corrected chi connectivity index (χ1v) is 4.57. The van der Waals surface area contributed by atoms with E-state index in [0.29, 0.717) is 18.8 Å². The molecule has 0 spiro atoms. The van der Waals surface area contributed by atoms with Gasteiger partial charge >= 0.3 is 5.97 Å². The number of nitrogens with one attached hydrogen (secondary N) is 1. The lowest BCUT2D eigenvalue weighted by atomic mass is 9.95. The van der Waals surface area contributed by atoms with Crippen LogP contribution in [0.3, 0.4) is 0 Å². The lowest BCUT2D eigenvalue weighted by Crippen LogP contribution is -2.33. The molecule has 2 N–H and O–H groups in total. The number of aryl methyl sites for hydroxylation is 1. The molecular weight excluding hydrogens is 180 g/mol. The molecule has 2 rings (SSSR count). The van der Waals surface area contributed by atoms with E-state index in [1.807, 2.05) is 13.0 Å². The van der Waals surface area contributed by atoms with Gasteiger partial charge in [-0.25, -0.2) is 0 Å². The van der Waals surface area contributed by atoms with Gasteiger partial charge in [0.05, 0.1) is 5.69 Å². The second-order valence-corrected chi connectivity index (χ2v) is 3.58. The Kier molecular flexibility index (Phi) is 2.21. The first kappa shape index (κ1) is 9.15. The van der Waals surface area contributed by atoms with Crippen molar-refractivity contribution in [2.75, 3.05) is 6.54 Å². The number of carbonyl (C=O) groups is 1. The average molecular weight is 192 g/mol. The fourth-order valence-electron chi connectivity index (χ4n) is 1.75. The summed E-state index contributed by atoms with van der Waals surface area (Å²) in [6.45, 7) is 3.14. The van der Waals surface area contributed by atoms with Crippen molar-refractivity contribution in [3.63, 3.8) is 0 Å². The van der Waals surface area contributed by atoms with Gasteiger partial charge in [0.25, 0.3) is 0 Å². The van der Waals surface area contributed by atoms with Crippen LogP contribution in [-0.2, 0) is 11.3 Å². The average Bonchev–Trinajstić information content (AvgIpc) is 2.16. The smallest absolute Gasteiger partial charge is 0.313 e. The van der Waals surface area contributed by atoms with Gasteiger partial charge in [0.1, 0.15) is 5.92 Å². The molecule has 0 saturated heterocycles. The number of hydrogen-bond donors (Lipinski definition) is 2. The minimum atomic E-state index is -0.810. The maximum absolute atomic E-state index is 10.9. The summed E-state index contributed by atoms with van der Waals surface area (Å²) >= 11 is 0. The Morgan fingerprint density at radius 2 is 2.50 bits per heavy atom. The number of fused-ring (bicyclic) bond motifs is 1. The molecule has 4 heteroatoms. The summed E-state index contributed by atoms with van der Waals surface area (Å²) in [6, 6.07) is 1.99. The molecule has 0 fully saturated rings. The van der Waals surface area contributed by atoms with Gasteiger partial charge in [-0.2, -0.15) is 0 Å². The van der Waals surface area contributed by atoms with E-state index in [1.165, 1.54) is 0 Å². The molecule has 4 nitrogen and oxygen atoms in total. The fraction of sp³-hybridized carbons (Fsp3) is 0.400. The predicted molar refractivity (Wildman–Crippen MR) is 51.1 cm³/mol. The van der Waals surface area contributed by atoms with E-state index in [-0.39, 0.29) is 0 Å². The summed E-state index contributed by atoms with van der Waals surface area (Å²) in [5.74, 6) is -1.31. The van der Waals surface area contributed by atoms with E-state index in [0.717, 1.165) is 11.1 Å². The van der Waals surface area contributed by atoms with Crippen LogP contribution in [0.1, 0.15) is 22.7 Å². The lowest BCUT2D eigenvalue weighted by Gasteiger charge is -2.22. The van der Waals surface area contributed by atoms with Crippen LogP contribution in [0.2, 0.25) is 0 Å². The van der Waals surface area contributed by atoms with Crippen LogP contribution in [0.15, 0.2) is 12.3 Å². The third-order valence-electron chi connectivity index (χ3n) is 2.43. The Morgan fingerprint density at radius 1 is 1.71 bits per heavy atom. The van der Waals surface area contributed by atoms with Crippen LogP contribution in [0.5, 0.6) is 0 Å². The van der Waals surface area contributed by atoms with Gasteiger partial charge in [0.15, 0.2) is 0 Å². The Balaban J connectivity index is 2.44. The van der Waals surface area contributed by atoms with Crippen molar-refractivity contribution in [3.05, 3.63) is 29.1 Å². The highest BCUT2D eigenvalue weighted by molar-refractivity contribution is 5.76. The zero-order valence-electron chi connectivity index (χ0n) is 7.95. The van der Waals surface area contributed by atoms with Gasteiger partial charge in [-0.05, 0) is 18.1 Å². The third-order valence-corrected chi connectivity index (χ3v) is 2.43. The second kappa shape index (κ2) is 3.38. The van der Waals surface area contributed by atoms with Crippen LogP contribution in [0.25, 0.3) is 0 Å². The monoisotopic (exact) mass is 192 g/mol. The summed E-state index contributed by atoms with van der Waals surface area (Å²) in [5.41, 5.74) is 2.78. The zero-order chi connectivity index (χ0) is 10.1. The molecule has 1 aromatic rings. The van der Waals surface area contributed by atoms with Crippen molar-refractivity contribution in [1.82, 2.24) is 10.3 Å². The van der Waals surface area contributed by atoms with Crippen LogP contribution in [0, 0.1) is 6.92 Å². The van der Waals surface area contributed by atoms with Gasteiger partial charge in [-0.15, -0.1) is 0 Å². The van der Waals surface area contributed by atoms with Crippen molar-refractivity contribution in [1.29, 1.82) is 0 Å².